The smallest absolute Gasteiger partial charge is 0.386 e. The van der Waals surface area contributed by atoms with Gasteiger partial charge in [0.15, 0.2) is 5.69 Å². The minimum atomic E-state index is -4.48. The van der Waals surface area contributed by atoms with Crippen LogP contribution in [0.1, 0.15) is 30.3 Å². The Labute approximate surface area is 83.9 Å². The van der Waals surface area contributed by atoms with E-state index in [1.165, 1.54) is 6.07 Å². The molecule has 6 heteroatoms. The van der Waals surface area contributed by atoms with Crippen LogP contribution in [0.4, 0.5) is 13.2 Å². The molecule has 15 heavy (non-hydrogen) atoms. The number of alkyl halides is 3. The maximum atomic E-state index is 12.1. The van der Waals surface area contributed by atoms with Crippen LogP contribution in [0.15, 0.2) is 12.1 Å². The first-order chi connectivity index (χ1) is 6.98. The lowest BCUT2D eigenvalue weighted by atomic mass is 10.1. The molecule has 2 rings (SSSR count). The van der Waals surface area contributed by atoms with E-state index in [-0.39, 0.29) is 11.6 Å². The molecule has 0 spiro atoms. The number of aliphatic hydroxyl groups excluding tert-OH is 1. The van der Waals surface area contributed by atoms with Gasteiger partial charge in [0.1, 0.15) is 6.10 Å². The van der Waals surface area contributed by atoms with Crippen LogP contribution in [0.5, 0.6) is 0 Å². The van der Waals surface area contributed by atoms with Crippen LogP contribution in [-0.4, -0.2) is 15.3 Å². The predicted octanol–water partition coefficient (Wildman–Crippen LogP) is 1.94. The molecule has 1 aromatic heterocycles. The molecule has 0 bridgehead atoms. The van der Waals surface area contributed by atoms with Crippen LogP contribution < -0.4 is 0 Å². The summed E-state index contributed by atoms with van der Waals surface area (Å²) in [5.74, 6) is 0.135. The lowest BCUT2D eigenvalue weighted by Gasteiger charge is -2.09. The van der Waals surface area contributed by atoms with Gasteiger partial charge >= 0.3 is 6.18 Å². The summed E-state index contributed by atoms with van der Waals surface area (Å²) in [6.07, 6.45) is -3.47. The Morgan fingerprint density at radius 3 is 2.33 bits per heavy atom. The van der Waals surface area contributed by atoms with Crippen molar-refractivity contribution in [1.29, 1.82) is 0 Å². The van der Waals surface area contributed by atoms with Crippen molar-refractivity contribution >= 4 is 0 Å². The highest BCUT2D eigenvalue weighted by Gasteiger charge is 2.35. The van der Waals surface area contributed by atoms with Crippen LogP contribution >= 0.6 is 0 Å². The average molecular weight is 218 g/mol. The highest BCUT2D eigenvalue weighted by Crippen LogP contribution is 2.40. The Kier molecular flexibility index (Phi) is 2.38. The normalized spacial score (nSPS) is 18.9. The maximum Gasteiger partial charge on any atom is 0.435 e. The molecule has 1 atom stereocenters. The van der Waals surface area contributed by atoms with E-state index in [0.29, 0.717) is 0 Å². The molecule has 1 heterocycles. The van der Waals surface area contributed by atoms with E-state index in [4.69, 9.17) is 0 Å². The number of aliphatic hydroxyl groups is 1. The number of hydrogen-bond donors (Lipinski definition) is 1. The van der Waals surface area contributed by atoms with Gasteiger partial charge in [0.25, 0.3) is 0 Å². The lowest BCUT2D eigenvalue weighted by Crippen LogP contribution is -2.11. The molecule has 1 aromatic rings. The van der Waals surface area contributed by atoms with Gasteiger partial charge in [0.05, 0.1) is 5.69 Å². The molecule has 3 nitrogen and oxygen atoms in total. The van der Waals surface area contributed by atoms with Crippen molar-refractivity contribution in [3.8, 4) is 0 Å². The summed E-state index contributed by atoms with van der Waals surface area (Å²) in [5.41, 5.74) is -0.820. The molecule has 1 unspecified atom stereocenters. The van der Waals surface area contributed by atoms with Gasteiger partial charge in [-0.15, -0.1) is 5.10 Å². The molecule has 0 radical (unpaired) electrons. The van der Waals surface area contributed by atoms with Gasteiger partial charge < -0.3 is 5.11 Å². The highest BCUT2D eigenvalue weighted by atomic mass is 19.4. The largest absolute Gasteiger partial charge is 0.435 e. The summed E-state index contributed by atoms with van der Waals surface area (Å²) in [4.78, 5) is 0. The highest BCUT2D eigenvalue weighted by molar-refractivity contribution is 5.13. The topological polar surface area (TPSA) is 46.0 Å². The second-order valence-electron chi connectivity index (χ2n) is 3.62. The van der Waals surface area contributed by atoms with Crippen molar-refractivity contribution in [2.75, 3.05) is 0 Å². The van der Waals surface area contributed by atoms with Gasteiger partial charge in [-0.1, -0.05) is 0 Å². The molecule has 1 N–H and O–H groups in total. The van der Waals surface area contributed by atoms with E-state index in [9.17, 15) is 18.3 Å². The van der Waals surface area contributed by atoms with Gasteiger partial charge in [-0.2, -0.15) is 18.3 Å². The molecule has 1 aliphatic rings. The van der Waals surface area contributed by atoms with Crippen LogP contribution in [0.2, 0.25) is 0 Å². The third-order valence-corrected chi connectivity index (χ3v) is 2.35. The molecule has 0 amide bonds. The molecule has 1 aliphatic carbocycles. The standard InChI is InChI=1S/C9H9F3N2O/c10-9(11,12)7-4-3-6(13-14-7)8(15)5-1-2-5/h3-5,8,15H,1-2H2. The third kappa shape index (κ3) is 2.26. The summed E-state index contributed by atoms with van der Waals surface area (Å²) >= 11 is 0. The van der Waals surface area contributed by atoms with E-state index >= 15 is 0 Å². The van der Waals surface area contributed by atoms with E-state index in [0.717, 1.165) is 18.9 Å². The number of rotatable bonds is 2. The molecule has 0 aliphatic heterocycles. The van der Waals surface area contributed by atoms with Crippen molar-refractivity contribution in [1.82, 2.24) is 10.2 Å². The van der Waals surface area contributed by atoms with Crippen LogP contribution in [0, 0.1) is 5.92 Å². The quantitative estimate of drug-likeness (QED) is 0.825. The van der Waals surface area contributed by atoms with Crippen molar-refractivity contribution < 1.29 is 18.3 Å². The summed E-state index contributed by atoms with van der Waals surface area (Å²) in [7, 11) is 0. The summed E-state index contributed by atoms with van der Waals surface area (Å²) in [6.45, 7) is 0. The van der Waals surface area contributed by atoms with Crippen molar-refractivity contribution in [3.05, 3.63) is 23.5 Å². The zero-order chi connectivity index (χ0) is 11.1. The maximum absolute atomic E-state index is 12.1. The minimum absolute atomic E-state index is 0.135. The summed E-state index contributed by atoms with van der Waals surface area (Å²) < 4.78 is 36.4. The average Bonchev–Trinajstić information content (AvgIpc) is 2.99. The third-order valence-electron chi connectivity index (χ3n) is 2.35. The zero-order valence-electron chi connectivity index (χ0n) is 7.70. The number of halogens is 3. The number of nitrogens with zero attached hydrogens (tertiary/aromatic N) is 2. The molecular formula is C9H9F3N2O. The van der Waals surface area contributed by atoms with Gasteiger partial charge in [-0.3, -0.25) is 0 Å². The first-order valence-corrected chi connectivity index (χ1v) is 4.57. The minimum Gasteiger partial charge on any atom is -0.386 e. The second-order valence-corrected chi connectivity index (χ2v) is 3.62. The Balaban J connectivity index is 2.16. The van der Waals surface area contributed by atoms with Crippen molar-refractivity contribution in [3.63, 3.8) is 0 Å². The summed E-state index contributed by atoms with van der Waals surface area (Å²) in [6, 6.07) is 2.02. The Morgan fingerprint density at radius 2 is 1.93 bits per heavy atom. The van der Waals surface area contributed by atoms with Crippen LogP contribution in [-0.2, 0) is 6.18 Å². The zero-order valence-corrected chi connectivity index (χ0v) is 7.70. The van der Waals surface area contributed by atoms with E-state index in [1.807, 2.05) is 0 Å². The van der Waals surface area contributed by atoms with E-state index in [2.05, 4.69) is 10.2 Å². The van der Waals surface area contributed by atoms with Crippen molar-refractivity contribution in [2.24, 2.45) is 5.92 Å². The molecular weight excluding hydrogens is 209 g/mol. The van der Waals surface area contributed by atoms with Gasteiger partial charge in [-0.25, -0.2) is 0 Å². The first-order valence-electron chi connectivity index (χ1n) is 4.57. The fourth-order valence-electron chi connectivity index (χ4n) is 1.30. The Hall–Kier alpha value is -1.17. The van der Waals surface area contributed by atoms with Gasteiger partial charge in [0, 0.05) is 0 Å². The molecule has 0 aromatic carbocycles. The summed E-state index contributed by atoms with van der Waals surface area (Å²) in [5, 5.41) is 16.0. The number of hydrogen-bond acceptors (Lipinski definition) is 3. The Morgan fingerprint density at radius 1 is 1.27 bits per heavy atom. The van der Waals surface area contributed by atoms with E-state index in [1.54, 1.807) is 0 Å². The van der Waals surface area contributed by atoms with Gasteiger partial charge in [-0.05, 0) is 30.9 Å². The predicted molar refractivity (Wildman–Crippen MR) is 44.7 cm³/mol. The molecule has 82 valence electrons. The fraction of sp³-hybridized carbons (Fsp3) is 0.556. The first kappa shape index (κ1) is 10.4. The monoisotopic (exact) mass is 218 g/mol. The number of aromatic nitrogens is 2. The van der Waals surface area contributed by atoms with Crippen molar-refractivity contribution in [2.45, 2.75) is 25.1 Å². The van der Waals surface area contributed by atoms with E-state index < -0.39 is 18.0 Å². The fourth-order valence-corrected chi connectivity index (χ4v) is 1.30. The molecule has 1 fully saturated rings. The van der Waals surface area contributed by atoms with Gasteiger partial charge in [0.2, 0.25) is 0 Å². The lowest BCUT2D eigenvalue weighted by molar-refractivity contribution is -0.141. The second kappa shape index (κ2) is 3.44. The molecule has 0 saturated heterocycles. The van der Waals surface area contributed by atoms with Crippen LogP contribution in [0.25, 0.3) is 0 Å². The molecule has 1 saturated carbocycles. The Bertz CT molecular complexity index is 345. The SMILES string of the molecule is OC(c1ccc(C(F)(F)F)nn1)C1CC1. The van der Waals surface area contributed by atoms with Crippen LogP contribution in [0.3, 0.4) is 0 Å².